The van der Waals surface area contributed by atoms with Crippen LogP contribution in [0.15, 0.2) is 24.3 Å². The van der Waals surface area contributed by atoms with Crippen molar-refractivity contribution >= 4 is 0 Å². The number of aliphatic hydroxyl groups excluding tert-OH is 1. The van der Waals surface area contributed by atoms with E-state index in [2.05, 4.69) is 37.8 Å². The molecule has 0 spiro atoms. The van der Waals surface area contributed by atoms with Crippen LogP contribution in [0.1, 0.15) is 45.1 Å². The highest BCUT2D eigenvalue weighted by Crippen LogP contribution is 2.18. The lowest BCUT2D eigenvalue weighted by Gasteiger charge is -2.32. The van der Waals surface area contributed by atoms with Gasteiger partial charge in [-0.1, -0.05) is 32.9 Å². The van der Waals surface area contributed by atoms with Crippen LogP contribution in [0.4, 0.5) is 0 Å². The molecule has 0 aromatic heterocycles. The van der Waals surface area contributed by atoms with Gasteiger partial charge in [-0.15, -0.1) is 0 Å². The molecule has 1 saturated heterocycles. The highest BCUT2D eigenvalue weighted by atomic mass is 16.5. The summed E-state index contributed by atoms with van der Waals surface area (Å²) in [5.41, 5.74) is 1.31. The minimum absolute atomic E-state index is 0.376. The number of likely N-dealkylation sites (tertiary alicyclic amines) is 1. The Kier molecular flexibility index (Phi) is 8.03. The molecule has 4 heteroatoms. The Morgan fingerprint density at radius 3 is 2.62 bits per heavy atom. The van der Waals surface area contributed by atoms with E-state index in [1.54, 1.807) is 0 Å². The molecule has 0 amide bonds. The molecule has 1 N–H and O–H groups in total. The summed E-state index contributed by atoms with van der Waals surface area (Å²) in [4.78, 5) is 2.34. The molecule has 1 heterocycles. The van der Waals surface area contributed by atoms with Crippen molar-refractivity contribution in [2.24, 2.45) is 5.92 Å². The quantitative estimate of drug-likeness (QED) is 0.703. The van der Waals surface area contributed by atoms with Crippen LogP contribution in [-0.4, -0.2) is 55.6 Å². The first-order valence-electron chi connectivity index (χ1n) is 9.25. The Bertz CT molecular complexity index is 460. The van der Waals surface area contributed by atoms with Gasteiger partial charge in [-0.05, 0) is 48.9 Å². The molecule has 2 atom stereocenters. The largest absolute Gasteiger partial charge is 0.491 e. The minimum atomic E-state index is -0.416. The zero-order chi connectivity index (χ0) is 17.4. The number of ether oxygens (including phenoxy) is 2. The van der Waals surface area contributed by atoms with Crippen molar-refractivity contribution in [3.8, 4) is 5.75 Å². The van der Waals surface area contributed by atoms with Gasteiger partial charge < -0.3 is 19.5 Å². The van der Waals surface area contributed by atoms with Gasteiger partial charge in [0.25, 0.3) is 0 Å². The average Bonchev–Trinajstić information content (AvgIpc) is 2.55. The first-order valence-corrected chi connectivity index (χ1v) is 9.25. The van der Waals surface area contributed by atoms with Gasteiger partial charge in [-0.3, -0.25) is 0 Å². The van der Waals surface area contributed by atoms with Crippen molar-refractivity contribution in [3.63, 3.8) is 0 Å². The van der Waals surface area contributed by atoms with Gasteiger partial charge in [-0.2, -0.15) is 0 Å². The first kappa shape index (κ1) is 19.2. The lowest BCUT2D eigenvalue weighted by molar-refractivity contribution is 0.00223. The van der Waals surface area contributed by atoms with E-state index < -0.39 is 6.10 Å². The fourth-order valence-electron chi connectivity index (χ4n) is 3.19. The minimum Gasteiger partial charge on any atom is -0.491 e. The average molecular weight is 335 g/mol. The summed E-state index contributed by atoms with van der Waals surface area (Å²) in [6.45, 7) is 10.9. The van der Waals surface area contributed by atoms with Crippen molar-refractivity contribution in [3.05, 3.63) is 29.8 Å². The summed E-state index contributed by atoms with van der Waals surface area (Å²) in [6, 6.07) is 8.21. The Balaban J connectivity index is 1.55. The van der Waals surface area contributed by atoms with Crippen molar-refractivity contribution < 1.29 is 14.6 Å². The molecule has 0 unspecified atom stereocenters. The van der Waals surface area contributed by atoms with Crippen LogP contribution in [0.25, 0.3) is 0 Å². The van der Waals surface area contributed by atoms with Crippen LogP contribution in [-0.2, 0) is 4.74 Å². The lowest BCUT2D eigenvalue weighted by Crippen LogP contribution is -2.40. The number of β-amino-alcohol motifs (C(OH)–C–C–N with tert-alkyl or cyclic N) is 1. The van der Waals surface area contributed by atoms with E-state index in [9.17, 15) is 5.11 Å². The molecule has 1 aliphatic rings. The van der Waals surface area contributed by atoms with Gasteiger partial charge in [0.2, 0.25) is 0 Å². The number of hydrogen-bond acceptors (Lipinski definition) is 4. The molecular weight excluding hydrogens is 302 g/mol. The zero-order valence-corrected chi connectivity index (χ0v) is 15.4. The fourth-order valence-corrected chi connectivity index (χ4v) is 3.19. The maximum absolute atomic E-state index is 10.1. The van der Waals surface area contributed by atoms with Gasteiger partial charge in [0.05, 0.1) is 19.3 Å². The van der Waals surface area contributed by atoms with Crippen LogP contribution in [0.3, 0.4) is 0 Å². The monoisotopic (exact) mass is 335 g/mol. The van der Waals surface area contributed by atoms with E-state index in [-0.39, 0.29) is 0 Å². The second-order valence-corrected chi connectivity index (χ2v) is 7.31. The Labute approximate surface area is 146 Å². The van der Waals surface area contributed by atoms with Gasteiger partial charge in [-0.25, -0.2) is 0 Å². The van der Waals surface area contributed by atoms with E-state index in [1.165, 1.54) is 18.4 Å². The molecule has 0 radical (unpaired) electrons. The molecule has 0 saturated carbocycles. The van der Waals surface area contributed by atoms with Gasteiger partial charge in [0.15, 0.2) is 0 Å². The maximum atomic E-state index is 10.1. The second kappa shape index (κ2) is 10.0. The SMILES string of the molecule is CC(C)c1ccc(OCCOC[C@H](O)CN2CCC[C@@H](C)C2)cc1. The standard InChI is InChI=1S/C20H33NO3/c1-16(2)18-6-8-20(9-7-18)24-12-11-23-15-19(22)14-21-10-4-5-17(3)13-21/h6-9,16-17,19,22H,4-5,10-15H2,1-3H3/t17-,19-/m1/s1. The van der Waals surface area contributed by atoms with E-state index in [0.717, 1.165) is 24.8 Å². The van der Waals surface area contributed by atoms with Crippen molar-refractivity contribution in [1.82, 2.24) is 4.90 Å². The highest BCUT2D eigenvalue weighted by Gasteiger charge is 2.18. The van der Waals surface area contributed by atoms with E-state index in [1.807, 2.05) is 12.1 Å². The molecule has 2 rings (SSSR count). The molecule has 0 bridgehead atoms. The molecule has 1 aromatic rings. The normalized spacial score (nSPS) is 20.3. The van der Waals surface area contributed by atoms with Crippen molar-refractivity contribution in [2.45, 2.75) is 45.6 Å². The van der Waals surface area contributed by atoms with Crippen LogP contribution < -0.4 is 4.74 Å². The summed E-state index contributed by atoms with van der Waals surface area (Å²) in [5, 5.41) is 10.1. The summed E-state index contributed by atoms with van der Waals surface area (Å²) in [5.74, 6) is 2.14. The van der Waals surface area contributed by atoms with Gasteiger partial charge in [0.1, 0.15) is 12.4 Å². The third kappa shape index (κ3) is 6.80. The third-order valence-electron chi connectivity index (χ3n) is 4.56. The summed E-state index contributed by atoms with van der Waals surface area (Å²) in [6.07, 6.45) is 2.12. The molecular formula is C20H33NO3. The molecule has 1 aromatic carbocycles. The van der Waals surface area contributed by atoms with E-state index in [4.69, 9.17) is 9.47 Å². The predicted octanol–water partition coefficient (Wildman–Crippen LogP) is 3.30. The van der Waals surface area contributed by atoms with E-state index >= 15 is 0 Å². The first-order chi connectivity index (χ1) is 11.5. The van der Waals surface area contributed by atoms with Crippen molar-refractivity contribution in [1.29, 1.82) is 0 Å². The Hall–Kier alpha value is -1.10. The molecule has 1 aliphatic heterocycles. The van der Waals surface area contributed by atoms with E-state index in [0.29, 0.717) is 32.3 Å². The number of aliphatic hydroxyl groups is 1. The number of nitrogens with zero attached hydrogens (tertiary/aromatic N) is 1. The number of piperidine rings is 1. The van der Waals surface area contributed by atoms with Crippen LogP contribution in [0, 0.1) is 5.92 Å². The molecule has 1 fully saturated rings. The number of rotatable bonds is 9. The topological polar surface area (TPSA) is 41.9 Å². The molecule has 0 aliphatic carbocycles. The summed E-state index contributed by atoms with van der Waals surface area (Å²) in [7, 11) is 0. The smallest absolute Gasteiger partial charge is 0.119 e. The van der Waals surface area contributed by atoms with Crippen LogP contribution in [0.5, 0.6) is 5.75 Å². The lowest BCUT2D eigenvalue weighted by atomic mass is 10.0. The van der Waals surface area contributed by atoms with Gasteiger partial charge >= 0.3 is 0 Å². The zero-order valence-electron chi connectivity index (χ0n) is 15.4. The highest BCUT2D eigenvalue weighted by molar-refractivity contribution is 5.28. The Morgan fingerprint density at radius 2 is 1.96 bits per heavy atom. The molecule has 24 heavy (non-hydrogen) atoms. The Morgan fingerprint density at radius 1 is 1.21 bits per heavy atom. The third-order valence-corrected chi connectivity index (χ3v) is 4.56. The van der Waals surface area contributed by atoms with Crippen LogP contribution in [0.2, 0.25) is 0 Å². The summed E-state index contributed by atoms with van der Waals surface area (Å²) >= 11 is 0. The number of benzene rings is 1. The van der Waals surface area contributed by atoms with Crippen molar-refractivity contribution in [2.75, 3.05) is 39.5 Å². The second-order valence-electron chi connectivity index (χ2n) is 7.31. The number of hydrogen-bond donors (Lipinski definition) is 1. The van der Waals surface area contributed by atoms with Gasteiger partial charge in [0, 0.05) is 13.1 Å². The maximum Gasteiger partial charge on any atom is 0.119 e. The molecule has 136 valence electrons. The fraction of sp³-hybridized carbons (Fsp3) is 0.700. The summed E-state index contributed by atoms with van der Waals surface area (Å²) < 4.78 is 11.2. The predicted molar refractivity (Wildman–Crippen MR) is 97.7 cm³/mol. The van der Waals surface area contributed by atoms with Crippen LogP contribution >= 0.6 is 0 Å². The molecule has 4 nitrogen and oxygen atoms in total.